The van der Waals surface area contributed by atoms with E-state index in [1.54, 1.807) is 12.1 Å². The zero-order chi connectivity index (χ0) is 20.0. The lowest BCUT2D eigenvalue weighted by atomic mass is 9.86. The van der Waals surface area contributed by atoms with Crippen molar-refractivity contribution in [1.29, 1.82) is 0 Å². The van der Waals surface area contributed by atoms with E-state index in [1.807, 2.05) is 25.1 Å². The molecule has 0 bridgehead atoms. The van der Waals surface area contributed by atoms with Crippen molar-refractivity contribution >= 4 is 17.8 Å². The lowest BCUT2D eigenvalue weighted by Crippen LogP contribution is -2.24. The van der Waals surface area contributed by atoms with E-state index in [0.717, 1.165) is 5.56 Å². The minimum absolute atomic E-state index is 0.0391. The van der Waals surface area contributed by atoms with Crippen LogP contribution in [0.2, 0.25) is 0 Å². The third kappa shape index (κ3) is 5.91. The first-order valence-corrected chi connectivity index (χ1v) is 8.47. The van der Waals surface area contributed by atoms with Gasteiger partial charge in [-0.2, -0.15) is 5.10 Å². The van der Waals surface area contributed by atoms with Gasteiger partial charge in [-0.3, -0.25) is 14.9 Å². The number of hydrogen-bond donors (Lipinski definition) is 1. The molecule has 7 nitrogen and oxygen atoms in total. The van der Waals surface area contributed by atoms with Crippen LogP contribution in [-0.4, -0.2) is 23.7 Å². The topological polar surface area (TPSA) is 93.8 Å². The van der Waals surface area contributed by atoms with Crippen molar-refractivity contribution in [1.82, 2.24) is 5.43 Å². The molecule has 0 aliphatic carbocycles. The molecule has 0 aliphatic heterocycles. The molecule has 0 saturated carbocycles. The Labute approximate surface area is 158 Å². The third-order valence-electron chi connectivity index (χ3n) is 3.88. The Kier molecular flexibility index (Phi) is 6.28. The fourth-order valence-electron chi connectivity index (χ4n) is 2.35. The number of ether oxygens (including phenoxy) is 1. The van der Waals surface area contributed by atoms with Crippen molar-refractivity contribution in [3.63, 3.8) is 0 Å². The first-order chi connectivity index (χ1) is 12.7. The van der Waals surface area contributed by atoms with E-state index in [0.29, 0.717) is 11.3 Å². The Morgan fingerprint density at radius 3 is 2.63 bits per heavy atom. The summed E-state index contributed by atoms with van der Waals surface area (Å²) >= 11 is 0. The molecule has 27 heavy (non-hydrogen) atoms. The summed E-state index contributed by atoms with van der Waals surface area (Å²) in [7, 11) is 0. The highest BCUT2D eigenvalue weighted by atomic mass is 16.6. The second kappa shape index (κ2) is 8.44. The summed E-state index contributed by atoms with van der Waals surface area (Å²) in [6.07, 6.45) is 1.34. The number of nitro benzene ring substituents is 1. The molecular weight excluding hydrogens is 346 g/mol. The second-order valence-electron chi connectivity index (χ2n) is 7.16. The molecule has 0 spiro atoms. The Morgan fingerprint density at radius 1 is 1.26 bits per heavy atom. The van der Waals surface area contributed by atoms with E-state index in [2.05, 4.69) is 31.3 Å². The molecule has 1 amide bonds. The number of carbonyl (C=O) groups is 1. The van der Waals surface area contributed by atoms with Gasteiger partial charge in [0.15, 0.2) is 6.61 Å². The molecule has 0 atom stereocenters. The van der Waals surface area contributed by atoms with Gasteiger partial charge in [-0.05, 0) is 29.5 Å². The van der Waals surface area contributed by atoms with E-state index >= 15 is 0 Å². The van der Waals surface area contributed by atoms with Gasteiger partial charge in [0, 0.05) is 17.7 Å². The minimum atomic E-state index is -0.489. The number of nitro groups is 1. The largest absolute Gasteiger partial charge is 0.483 e. The van der Waals surface area contributed by atoms with E-state index in [1.165, 1.54) is 23.9 Å². The average Bonchev–Trinajstić information content (AvgIpc) is 2.60. The van der Waals surface area contributed by atoms with E-state index in [-0.39, 0.29) is 17.7 Å². The zero-order valence-electron chi connectivity index (χ0n) is 15.9. The van der Waals surface area contributed by atoms with Gasteiger partial charge in [0.25, 0.3) is 11.6 Å². The molecule has 2 aromatic rings. The Hall–Kier alpha value is -3.22. The highest BCUT2D eigenvalue weighted by Gasteiger charge is 2.15. The van der Waals surface area contributed by atoms with Crippen LogP contribution in [0.4, 0.5) is 5.69 Å². The number of carbonyl (C=O) groups excluding carboxylic acids is 1. The summed E-state index contributed by atoms with van der Waals surface area (Å²) in [5, 5.41) is 14.5. The molecule has 0 radical (unpaired) electrons. The smallest absolute Gasteiger partial charge is 0.277 e. The summed E-state index contributed by atoms with van der Waals surface area (Å²) < 4.78 is 5.54. The second-order valence-corrected chi connectivity index (χ2v) is 7.16. The maximum atomic E-state index is 11.9. The van der Waals surface area contributed by atoms with Crippen LogP contribution in [0.5, 0.6) is 5.75 Å². The van der Waals surface area contributed by atoms with Crippen molar-refractivity contribution in [2.24, 2.45) is 5.10 Å². The monoisotopic (exact) mass is 369 g/mol. The number of hydrazone groups is 1. The van der Waals surface area contributed by atoms with E-state index < -0.39 is 10.8 Å². The van der Waals surface area contributed by atoms with Gasteiger partial charge >= 0.3 is 0 Å². The molecule has 1 N–H and O–H groups in total. The minimum Gasteiger partial charge on any atom is -0.483 e. The lowest BCUT2D eigenvalue weighted by molar-refractivity contribution is -0.384. The molecule has 142 valence electrons. The van der Waals surface area contributed by atoms with Gasteiger partial charge in [-0.15, -0.1) is 0 Å². The Bertz CT molecular complexity index is 870. The standard InChI is InChI=1S/C20H23N3O4/c1-14-10-16(20(2,3)4)8-9-18(14)27-13-19(24)22-21-12-15-6-5-7-17(11-15)23(25)26/h5-12H,13H2,1-4H3,(H,22,24)/b21-12+. The molecule has 0 unspecified atom stereocenters. The normalized spacial score (nSPS) is 11.4. The third-order valence-corrected chi connectivity index (χ3v) is 3.88. The van der Waals surface area contributed by atoms with Crippen LogP contribution < -0.4 is 10.2 Å². The predicted molar refractivity (Wildman–Crippen MR) is 104 cm³/mol. The molecule has 2 rings (SSSR count). The zero-order valence-corrected chi connectivity index (χ0v) is 15.9. The summed E-state index contributed by atoms with van der Waals surface area (Å²) in [5.74, 6) is 0.219. The molecule has 0 fully saturated rings. The molecule has 0 aliphatic rings. The Balaban J connectivity index is 1.89. The number of aryl methyl sites for hydroxylation is 1. The number of nitrogens with zero attached hydrogens (tertiary/aromatic N) is 2. The molecule has 0 saturated heterocycles. The lowest BCUT2D eigenvalue weighted by Gasteiger charge is -2.20. The van der Waals surface area contributed by atoms with Gasteiger partial charge in [-0.1, -0.05) is 45.0 Å². The maximum absolute atomic E-state index is 11.9. The van der Waals surface area contributed by atoms with Crippen molar-refractivity contribution in [2.75, 3.05) is 6.61 Å². The van der Waals surface area contributed by atoms with Gasteiger partial charge in [-0.25, -0.2) is 5.43 Å². The molecule has 2 aromatic carbocycles. The van der Waals surface area contributed by atoms with Crippen LogP contribution in [0.3, 0.4) is 0 Å². The summed E-state index contributed by atoms with van der Waals surface area (Å²) in [6.45, 7) is 8.16. The van der Waals surface area contributed by atoms with Gasteiger partial charge in [0.05, 0.1) is 11.1 Å². The van der Waals surface area contributed by atoms with Crippen LogP contribution in [-0.2, 0) is 10.2 Å². The van der Waals surface area contributed by atoms with Crippen molar-refractivity contribution in [3.05, 3.63) is 69.3 Å². The number of nitrogens with one attached hydrogen (secondary N) is 1. The number of rotatable bonds is 6. The van der Waals surface area contributed by atoms with Crippen molar-refractivity contribution < 1.29 is 14.5 Å². The molecule has 0 aromatic heterocycles. The van der Waals surface area contributed by atoms with Gasteiger partial charge in [0.2, 0.25) is 0 Å². The van der Waals surface area contributed by atoms with E-state index in [4.69, 9.17) is 4.74 Å². The molecular formula is C20H23N3O4. The fraction of sp³-hybridized carbons (Fsp3) is 0.300. The summed E-state index contributed by atoms with van der Waals surface area (Å²) in [5.41, 5.74) is 5.01. The highest BCUT2D eigenvalue weighted by molar-refractivity contribution is 5.83. The number of non-ortho nitro benzene ring substituents is 1. The first kappa shape index (κ1) is 20.1. The first-order valence-electron chi connectivity index (χ1n) is 8.47. The number of amides is 1. The van der Waals surface area contributed by atoms with Crippen molar-refractivity contribution in [3.8, 4) is 5.75 Å². The van der Waals surface area contributed by atoms with Crippen molar-refractivity contribution in [2.45, 2.75) is 33.1 Å². The van der Waals surface area contributed by atoms with Gasteiger partial charge < -0.3 is 4.74 Å². The molecule has 0 heterocycles. The SMILES string of the molecule is Cc1cc(C(C)(C)C)ccc1OCC(=O)N/N=C/c1cccc([N+](=O)[O-])c1. The fourth-order valence-corrected chi connectivity index (χ4v) is 2.35. The van der Waals surface area contributed by atoms with Crippen LogP contribution >= 0.6 is 0 Å². The predicted octanol–water partition coefficient (Wildman–Crippen LogP) is 3.73. The average molecular weight is 369 g/mol. The van der Waals surface area contributed by atoms with Crippen LogP contribution in [0, 0.1) is 17.0 Å². The number of benzene rings is 2. The van der Waals surface area contributed by atoms with Gasteiger partial charge in [0.1, 0.15) is 5.75 Å². The van der Waals surface area contributed by atoms with Crippen LogP contribution in [0.25, 0.3) is 0 Å². The number of hydrogen-bond acceptors (Lipinski definition) is 5. The van der Waals surface area contributed by atoms with Crippen LogP contribution in [0.15, 0.2) is 47.6 Å². The van der Waals surface area contributed by atoms with E-state index in [9.17, 15) is 14.9 Å². The summed E-state index contributed by atoms with van der Waals surface area (Å²) in [6, 6.07) is 11.8. The highest BCUT2D eigenvalue weighted by Crippen LogP contribution is 2.27. The molecule has 7 heteroatoms. The van der Waals surface area contributed by atoms with Crippen LogP contribution in [0.1, 0.15) is 37.5 Å². The summed E-state index contributed by atoms with van der Waals surface area (Å²) in [4.78, 5) is 22.1. The quantitative estimate of drug-likeness (QED) is 0.477. The maximum Gasteiger partial charge on any atom is 0.277 e. The Morgan fingerprint density at radius 2 is 2.00 bits per heavy atom.